The van der Waals surface area contributed by atoms with E-state index in [0.717, 1.165) is 12.2 Å². The summed E-state index contributed by atoms with van der Waals surface area (Å²) in [6.45, 7) is 2.64. The molecule has 0 aliphatic carbocycles. The van der Waals surface area contributed by atoms with E-state index in [2.05, 4.69) is 5.32 Å². The molecule has 4 heteroatoms. The van der Waals surface area contributed by atoms with Crippen LogP contribution in [0, 0.1) is 0 Å². The van der Waals surface area contributed by atoms with Crippen LogP contribution in [-0.2, 0) is 0 Å². The van der Waals surface area contributed by atoms with Gasteiger partial charge in [-0.3, -0.25) is 4.79 Å². The lowest BCUT2D eigenvalue weighted by Gasteiger charge is -1.99. The second-order valence-electron chi connectivity index (χ2n) is 1.69. The fourth-order valence-corrected chi connectivity index (χ4v) is 1.04. The van der Waals surface area contributed by atoms with Crippen molar-refractivity contribution in [3.05, 3.63) is 0 Å². The predicted octanol–water partition coefficient (Wildman–Crippen LogP) is 2.08. The highest BCUT2D eigenvalue weighted by molar-refractivity contribution is 8.13. The largest absolute Gasteiger partial charge is 0.347 e. The van der Waals surface area contributed by atoms with Gasteiger partial charge in [-0.2, -0.15) is 0 Å². The van der Waals surface area contributed by atoms with Gasteiger partial charge in [-0.05, 0) is 12.2 Å². The first kappa shape index (κ1) is 10.1. The smallest absolute Gasteiger partial charge is 0.279 e. The molecule has 0 aromatic carbocycles. The Morgan fingerprint density at radius 2 is 2.40 bits per heavy atom. The molecule has 0 aromatic heterocycles. The molecule has 0 aliphatic rings. The Labute approximate surface area is 70.7 Å². The fraction of sp³-hybridized carbons (Fsp3) is 0.833. The van der Waals surface area contributed by atoms with E-state index in [0.29, 0.717) is 12.4 Å². The zero-order valence-corrected chi connectivity index (χ0v) is 7.60. The molecular formula is C6H12ClNOS. The van der Waals surface area contributed by atoms with Crippen LogP contribution >= 0.6 is 23.4 Å². The molecule has 10 heavy (non-hydrogen) atoms. The monoisotopic (exact) mass is 181 g/mol. The molecule has 2 nitrogen and oxygen atoms in total. The van der Waals surface area contributed by atoms with Gasteiger partial charge in [-0.25, -0.2) is 0 Å². The van der Waals surface area contributed by atoms with E-state index in [-0.39, 0.29) is 5.24 Å². The lowest BCUT2D eigenvalue weighted by atomic mass is 10.5. The average molecular weight is 182 g/mol. The van der Waals surface area contributed by atoms with Crippen molar-refractivity contribution in [2.75, 3.05) is 18.2 Å². The number of nitrogens with one attached hydrogen (secondary N) is 1. The van der Waals surface area contributed by atoms with Crippen LogP contribution in [0.2, 0.25) is 0 Å². The van der Waals surface area contributed by atoms with Crippen LogP contribution in [0.25, 0.3) is 0 Å². The zero-order valence-electron chi connectivity index (χ0n) is 6.02. The van der Waals surface area contributed by atoms with Crippen molar-refractivity contribution in [1.82, 2.24) is 5.32 Å². The van der Waals surface area contributed by atoms with Gasteiger partial charge in [0.25, 0.3) is 5.24 Å². The summed E-state index contributed by atoms with van der Waals surface area (Å²) >= 11 is 6.69. The number of rotatable bonds is 4. The third-order valence-corrected chi connectivity index (χ3v) is 1.82. The van der Waals surface area contributed by atoms with Crippen LogP contribution in [0.1, 0.15) is 13.3 Å². The third kappa shape index (κ3) is 6.23. The molecule has 0 rings (SSSR count). The maximum absolute atomic E-state index is 10.7. The summed E-state index contributed by atoms with van der Waals surface area (Å²) in [6.07, 6.45) is 0.845. The first-order valence-corrected chi connectivity index (χ1v) is 4.79. The molecule has 0 spiro atoms. The summed E-state index contributed by atoms with van der Waals surface area (Å²) in [5, 5.41) is 2.77. The van der Waals surface area contributed by atoms with Crippen LogP contribution in [-0.4, -0.2) is 23.4 Å². The van der Waals surface area contributed by atoms with Crippen LogP contribution in [0.4, 0.5) is 4.79 Å². The van der Waals surface area contributed by atoms with Crippen molar-refractivity contribution in [2.45, 2.75) is 13.3 Å². The van der Waals surface area contributed by atoms with Crippen molar-refractivity contribution in [1.29, 1.82) is 0 Å². The maximum atomic E-state index is 10.7. The number of hydrogen-bond donors (Lipinski definition) is 1. The Morgan fingerprint density at radius 3 is 2.90 bits per heavy atom. The molecule has 1 N–H and O–H groups in total. The van der Waals surface area contributed by atoms with Gasteiger partial charge in [0.2, 0.25) is 0 Å². The molecule has 0 saturated heterocycles. The van der Waals surface area contributed by atoms with E-state index in [9.17, 15) is 4.79 Å². The molecule has 0 heterocycles. The SMILES string of the molecule is CCSC(=O)NCCCCl. The van der Waals surface area contributed by atoms with Crippen LogP contribution in [0.3, 0.4) is 0 Å². The minimum absolute atomic E-state index is 0.0487. The Bertz CT molecular complexity index is 99.7. The second-order valence-corrected chi connectivity index (χ2v) is 3.30. The van der Waals surface area contributed by atoms with Gasteiger partial charge in [-0.1, -0.05) is 18.7 Å². The van der Waals surface area contributed by atoms with Gasteiger partial charge in [0.1, 0.15) is 0 Å². The van der Waals surface area contributed by atoms with Crippen molar-refractivity contribution in [3.63, 3.8) is 0 Å². The van der Waals surface area contributed by atoms with Gasteiger partial charge in [-0.15, -0.1) is 11.6 Å². The number of thioether (sulfide) groups is 1. The molecule has 0 atom stereocenters. The summed E-state index contributed by atoms with van der Waals surface area (Å²) < 4.78 is 0. The van der Waals surface area contributed by atoms with Crippen molar-refractivity contribution in [2.24, 2.45) is 0 Å². The average Bonchev–Trinajstić information content (AvgIpc) is 1.89. The van der Waals surface area contributed by atoms with Crippen molar-refractivity contribution < 1.29 is 4.79 Å². The third-order valence-electron chi connectivity index (χ3n) is 0.855. The number of carbonyl (C=O) groups is 1. The highest BCUT2D eigenvalue weighted by Gasteiger charge is 1.96. The standard InChI is InChI=1S/C6H12ClNOS/c1-2-10-6(9)8-5-3-4-7/h2-5H2,1H3,(H,8,9). The molecule has 0 aliphatic heterocycles. The lowest BCUT2D eigenvalue weighted by molar-refractivity contribution is 0.261. The minimum Gasteiger partial charge on any atom is -0.347 e. The van der Waals surface area contributed by atoms with Crippen LogP contribution in [0.15, 0.2) is 0 Å². The Morgan fingerprint density at radius 1 is 1.70 bits per heavy atom. The molecule has 1 amide bonds. The summed E-state index contributed by atoms with van der Waals surface area (Å²) in [6, 6.07) is 0. The summed E-state index contributed by atoms with van der Waals surface area (Å²) in [5.74, 6) is 1.43. The number of amides is 1. The number of carbonyl (C=O) groups excluding carboxylic acids is 1. The number of alkyl halides is 1. The topological polar surface area (TPSA) is 29.1 Å². The molecule has 0 bridgehead atoms. The zero-order chi connectivity index (χ0) is 7.82. The summed E-state index contributed by atoms with van der Waals surface area (Å²) in [7, 11) is 0. The first-order valence-electron chi connectivity index (χ1n) is 3.27. The van der Waals surface area contributed by atoms with Crippen LogP contribution < -0.4 is 5.32 Å². The van der Waals surface area contributed by atoms with Gasteiger partial charge in [0.05, 0.1) is 0 Å². The maximum Gasteiger partial charge on any atom is 0.279 e. The molecular weight excluding hydrogens is 170 g/mol. The number of hydrogen-bond acceptors (Lipinski definition) is 2. The Balaban J connectivity index is 3.05. The highest BCUT2D eigenvalue weighted by atomic mass is 35.5. The van der Waals surface area contributed by atoms with Gasteiger partial charge in [0.15, 0.2) is 0 Å². The molecule has 0 saturated carbocycles. The van der Waals surface area contributed by atoms with Crippen molar-refractivity contribution >= 4 is 28.6 Å². The quantitative estimate of drug-likeness (QED) is 0.532. The van der Waals surface area contributed by atoms with Gasteiger partial charge < -0.3 is 5.32 Å². The van der Waals surface area contributed by atoms with Gasteiger partial charge in [0, 0.05) is 12.4 Å². The molecule has 0 fully saturated rings. The Hall–Kier alpha value is 0.110. The first-order chi connectivity index (χ1) is 4.81. The van der Waals surface area contributed by atoms with E-state index < -0.39 is 0 Å². The Kier molecular flexibility index (Phi) is 7.30. The van der Waals surface area contributed by atoms with E-state index in [1.54, 1.807) is 0 Å². The lowest BCUT2D eigenvalue weighted by Crippen LogP contribution is -2.20. The van der Waals surface area contributed by atoms with E-state index in [1.165, 1.54) is 11.8 Å². The normalized spacial score (nSPS) is 9.40. The van der Waals surface area contributed by atoms with Crippen molar-refractivity contribution in [3.8, 4) is 0 Å². The molecule has 0 aromatic rings. The molecule has 0 radical (unpaired) electrons. The van der Waals surface area contributed by atoms with E-state index in [4.69, 9.17) is 11.6 Å². The van der Waals surface area contributed by atoms with Crippen LogP contribution in [0.5, 0.6) is 0 Å². The predicted molar refractivity (Wildman–Crippen MR) is 46.9 cm³/mol. The molecule has 0 unspecified atom stereocenters. The molecule has 60 valence electrons. The summed E-state index contributed by atoms with van der Waals surface area (Å²) in [5.41, 5.74) is 0. The van der Waals surface area contributed by atoms with E-state index in [1.807, 2.05) is 6.92 Å². The fourth-order valence-electron chi connectivity index (χ4n) is 0.439. The second kappa shape index (κ2) is 7.22. The minimum atomic E-state index is 0.0487. The van der Waals surface area contributed by atoms with Gasteiger partial charge >= 0.3 is 0 Å². The number of halogens is 1. The summed E-state index contributed by atoms with van der Waals surface area (Å²) in [4.78, 5) is 10.7. The highest BCUT2D eigenvalue weighted by Crippen LogP contribution is 1.98. The van der Waals surface area contributed by atoms with E-state index >= 15 is 0 Å².